The molecule has 16 heavy (non-hydrogen) atoms. The molecule has 0 bridgehead atoms. The minimum atomic E-state index is -0.0619. The first-order valence-electron chi connectivity index (χ1n) is 5.19. The Hall–Kier alpha value is -0.540. The molecule has 1 atom stereocenters. The van der Waals surface area contributed by atoms with E-state index >= 15 is 0 Å². The molecule has 0 aromatic heterocycles. The van der Waals surface area contributed by atoms with Crippen molar-refractivity contribution in [3.63, 3.8) is 0 Å². The van der Waals surface area contributed by atoms with Crippen LogP contribution >= 0.6 is 27.5 Å². The number of aryl methyl sites for hydroxylation is 1. The van der Waals surface area contributed by atoms with Gasteiger partial charge in [0, 0.05) is 22.0 Å². The Kier molecular flexibility index (Phi) is 5.29. The van der Waals surface area contributed by atoms with Gasteiger partial charge in [0.15, 0.2) is 0 Å². The first kappa shape index (κ1) is 13.5. The smallest absolute Gasteiger partial charge is 0.251 e. The Bertz CT molecular complexity index is 379. The van der Waals surface area contributed by atoms with Crippen molar-refractivity contribution in [1.82, 2.24) is 5.32 Å². The van der Waals surface area contributed by atoms with Gasteiger partial charge in [-0.15, -0.1) is 0 Å². The molecule has 0 spiro atoms. The van der Waals surface area contributed by atoms with Gasteiger partial charge in [0.1, 0.15) is 0 Å². The number of hydrogen-bond acceptors (Lipinski definition) is 1. The Labute approximate surface area is 110 Å². The van der Waals surface area contributed by atoms with Gasteiger partial charge in [0.05, 0.1) is 0 Å². The number of halogens is 2. The van der Waals surface area contributed by atoms with Crippen molar-refractivity contribution in [2.24, 2.45) is 0 Å². The molecule has 0 radical (unpaired) electrons. The van der Waals surface area contributed by atoms with E-state index in [1.54, 1.807) is 12.1 Å². The van der Waals surface area contributed by atoms with Crippen LogP contribution in [0.25, 0.3) is 0 Å². The molecule has 0 fully saturated rings. The molecule has 88 valence electrons. The van der Waals surface area contributed by atoms with Crippen molar-refractivity contribution in [1.29, 1.82) is 0 Å². The molecule has 0 aliphatic heterocycles. The number of carbonyl (C=O) groups is 1. The van der Waals surface area contributed by atoms with Crippen LogP contribution in [0.5, 0.6) is 0 Å². The van der Waals surface area contributed by atoms with Gasteiger partial charge in [-0.1, -0.05) is 40.5 Å². The zero-order valence-corrected chi connectivity index (χ0v) is 11.7. The molecule has 4 heteroatoms. The summed E-state index contributed by atoms with van der Waals surface area (Å²) in [7, 11) is 0. The van der Waals surface area contributed by atoms with Crippen LogP contribution in [0.15, 0.2) is 18.2 Å². The average Bonchev–Trinajstić information content (AvgIpc) is 2.21. The van der Waals surface area contributed by atoms with Crippen LogP contribution in [0.4, 0.5) is 0 Å². The molecule has 0 saturated carbocycles. The van der Waals surface area contributed by atoms with Crippen LogP contribution < -0.4 is 5.32 Å². The van der Waals surface area contributed by atoms with E-state index in [0.717, 1.165) is 12.0 Å². The highest BCUT2D eigenvalue weighted by Crippen LogP contribution is 2.15. The molecule has 1 unspecified atom stereocenters. The van der Waals surface area contributed by atoms with E-state index in [9.17, 15) is 4.79 Å². The highest BCUT2D eigenvalue weighted by Gasteiger charge is 2.09. The summed E-state index contributed by atoms with van der Waals surface area (Å²) in [6.07, 6.45) is 0.908. The van der Waals surface area contributed by atoms with Crippen LogP contribution in [0.2, 0.25) is 5.02 Å². The minimum Gasteiger partial charge on any atom is -0.352 e. The standard InChI is InChI=1S/C12H15BrClNO/c1-8-3-4-10(14)7-11(8)12(16)15-6-5-9(2)13/h3-4,7,9H,5-6H2,1-2H3,(H,15,16). The number of amides is 1. The summed E-state index contributed by atoms with van der Waals surface area (Å²) >= 11 is 9.29. The Morgan fingerprint density at radius 1 is 1.56 bits per heavy atom. The second-order valence-corrected chi connectivity index (χ2v) is 5.78. The van der Waals surface area contributed by atoms with Crippen LogP contribution in [-0.4, -0.2) is 17.3 Å². The molecule has 1 N–H and O–H groups in total. The molecule has 1 aromatic carbocycles. The normalized spacial score (nSPS) is 12.2. The molecule has 0 heterocycles. The summed E-state index contributed by atoms with van der Waals surface area (Å²) in [5.41, 5.74) is 1.59. The summed E-state index contributed by atoms with van der Waals surface area (Å²) in [5, 5.41) is 3.46. The third kappa shape index (κ3) is 4.14. The number of hydrogen-bond donors (Lipinski definition) is 1. The molecule has 0 aliphatic carbocycles. The second kappa shape index (κ2) is 6.26. The SMILES string of the molecule is Cc1ccc(Cl)cc1C(=O)NCCC(C)Br. The summed E-state index contributed by atoms with van der Waals surface area (Å²) < 4.78 is 0. The third-order valence-electron chi connectivity index (χ3n) is 2.27. The molecule has 0 saturated heterocycles. The quantitative estimate of drug-likeness (QED) is 0.847. The fourth-order valence-electron chi connectivity index (χ4n) is 1.32. The van der Waals surface area contributed by atoms with E-state index in [2.05, 4.69) is 28.2 Å². The maximum Gasteiger partial charge on any atom is 0.251 e. The summed E-state index contributed by atoms with van der Waals surface area (Å²) in [6.45, 7) is 4.62. The number of carbonyl (C=O) groups excluding carboxylic acids is 1. The first-order valence-corrected chi connectivity index (χ1v) is 6.48. The highest BCUT2D eigenvalue weighted by atomic mass is 79.9. The second-order valence-electron chi connectivity index (χ2n) is 3.78. The minimum absolute atomic E-state index is 0.0619. The van der Waals surface area contributed by atoms with Crippen molar-refractivity contribution >= 4 is 33.4 Å². The Morgan fingerprint density at radius 2 is 2.25 bits per heavy atom. The molecule has 0 aliphatic rings. The molecular formula is C12H15BrClNO. The molecule has 1 amide bonds. The van der Waals surface area contributed by atoms with Gasteiger partial charge in [0.2, 0.25) is 0 Å². The van der Waals surface area contributed by atoms with Crippen molar-refractivity contribution in [2.45, 2.75) is 25.1 Å². The number of alkyl halides is 1. The van der Waals surface area contributed by atoms with Crippen LogP contribution in [0, 0.1) is 6.92 Å². The maximum atomic E-state index is 11.8. The van der Waals surface area contributed by atoms with Crippen LogP contribution in [0.1, 0.15) is 29.3 Å². The average molecular weight is 305 g/mol. The van der Waals surface area contributed by atoms with Gasteiger partial charge in [0.25, 0.3) is 5.91 Å². The van der Waals surface area contributed by atoms with E-state index in [0.29, 0.717) is 22.0 Å². The zero-order valence-electron chi connectivity index (χ0n) is 9.39. The number of nitrogens with one attached hydrogen (secondary N) is 1. The van der Waals surface area contributed by atoms with Gasteiger partial charge in [-0.3, -0.25) is 4.79 Å². The fraction of sp³-hybridized carbons (Fsp3) is 0.417. The van der Waals surface area contributed by atoms with E-state index in [1.807, 2.05) is 13.0 Å². The number of rotatable bonds is 4. The zero-order chi connectivity index (χ0) is 12.1. The van der Waals surface area contributed by atoms with Crippen LogP contribution in [-0.2, 0) is 0 Å². The van der Waals surface area contributed by atoms with Gasteiger partial charge in [-0.05, 0) is 31.0 Å². The van der Waals surface area contributed by atoms with Gasteiger partial charge in [-0.2, -0.15) is 0 Å². The number of benzene rings is 1. The van der Waals surface area contributed by atoms with Crippen molar-refractivity contribution in [3.8, 4) is 0 Å². The van der Waals surface area contributed by atoms with Crippen molar-refractivity contribution in [2.75, 3.05) is 6.54 Å². The van der Waals surface area contributed by atoms with E-state index in [-0.39, 0.29) is 5.91 Å². The predicted molar refractivity (Wildman–Crippen MR) is 71.5 cm³/mol. The van der Waals surface area contributed by atoms with Gasteiger partial charge in [-0.25, -0.2) is 0 Å². The van der Waals surface area contributed by atoms with E-state index < -0.39 is 0 Å². The lowest BCUT2D eigenvalue weighted by molar-refractivity contribution is 0.0953. The molecule has 1 aromatic rings. The summed E-state index contributed by atoms with van der Waals surface area (Å²) in [6, 6.07) is 5.34. The monoisotopic (exact) mass is 303 g/mol. The van der Waals surface area contributed by atoms with Crippen molar-refractivity contribution in [3.05, 3.63) is 34.3 Å². The Balaban J connectivity index is 2.62. The van der Waals surface area contributed by atoms with Gasteiger partial charge >= 0.3 is 0 Å². The maximum absolute atomic E-state index is 11.8. The van der Waals surface area contributed by atoms with Gasteiger partial charge < -0.3 is 5.32 Å². The molecular weight excluding hydrogens is 289 g/mol. The Morgan fingerprint density at radius 3 is 2.88 bits per heavy atom. The molecule has 2 nitrogen and oxygen atoms in total. The van der Waals surface area contributed by atoms with Crippen molar-refractivity contribution < 1.29 is 4.79 Å². The first-order chi connectivity index (χ1) is 7.50. The summed E-state index contributed by atoms with van der Waals surface area (Å²) in [5.74, 6) is -0.0619. The van der Waals surface area contributed by atoms with E-state index in [1.165, 1.54) is 0 Å². The van der Waals surface area contributed by atoms with Crippen LogP contribution in [0.3, 0.4) is 0 Å². The fourth-order valence-corrected chi connectivity index (χ4v) is 1.72. The lowest BCUT2D eigenvalue weighted by Crippen LogP contribution is -2.26. The van der Waals surface area contributed by atoms with E-state index in [4.69, 9.17) is 11.6 Å². The third-order valence-corrected chi connectivity index (χ3v) is 2.96. The predicted octanol–water partition coefficient (Wildman–Crippen LogP) is 3.55. The largest absolute Gasteiger partial charge is 0.352 e. The molecule has 1 rings (SSSR count). The summed E-state index contributed by atoms with van der Waals surface area (Å²) in [4.78, 5) is 12.2. The topological polar surface area (TPSA) is 29.1 Å². The lowest BCUT2D eigenvalue weighted by Gasteiger charge is -2.08. The highest BCUT2D eigenvalue weighted by molar-refractivity contribution is 9.09. The lowest BCUT2D eigenvalue weighted by atomic mass is 10.1.